The number of nitrogens with zero attached hydrogens (tertiary/aromatic N) is 2. The minimum absolute atomic E-state index is 0.366. The molecule has 132 valence electrons. The predicted molar refractivity (Wildman–Crippen MR) is 86.8 cm³/mol. The fraction of sp³-hybridized carbons (Fsp3) is 0.812. The van der Waals surface area contributed by atoms with Crippen LogP contribution in [0.2, 0.25) is 0 Å². The lowest BCUT2D eigenvalue weighted by molar-refractivity contribution is -0.153. The maximum absolute atomic E-state index is 11.2. The van der Waals surface area contributed by atoms with Crippen LogP contribution in [0, 0.1) is 0 Å². The van der Waals surface area contributed by atoms with Gasteiger partial charge in [0.15, 0.2) is 0 Å². The van der Waals surface area contributed by atoms with Crippen molar-refractivity contribution >= 4 is 18.5 Å². The van der Waals surface area contributed by atoms with E-state index in [1.807, 2.05) is 0 Å². The molecule has 0 aromatic rings. The Morgan fingerprint density at radius 1 is 1.17 bits per heavy atom. The number of hydrogen-bond donors (Lipinski definition) is 2. The molecular weight excluding hydrogens is 300 g/mol. The van der Waals surface area contributed by atoms with Gasteiger partial charge < -0.3 is 19.8 Å². The Bertz CT molecular complexity index is 395. The van der Waals surface area contributed by atoms with Crippen molar-refractivity contribution in [3.8, 4) is 0 Å². The number of carboxylic acid groups (broad SMARTS) is 2. The van der Waals surface area contributed by atoms with E-state index in [2.05, 4.69) is 11.9 Å². The van der Waals surface area contributed by atoms with Gasteiger partial charge in [0.1, 0.15) is 6.42 Å². The zero-order valence-corrected chi connectivity index (χ0v) is 13.9. The second-order valence-corrected chi connectivity index (χ2v) is 5.97. The Hall–Kier alpha value is -1.79. The van der Waals surface area contributed by atoms with Crippen molar-refractivity contribution in [3.63, 3.8) is 0 Å². The summed E-state index contributed by atoms with van der Waals surface area (Å²) in [6, 6.07) is 0. The number of hydrogen-bond acceptors (Lipinski definition) is 5. The molecular formula is C16H28N2O5. The molecule has 23 heavy (non-hydrogen) atoms. The quantitative estimate of drug-likeness (QED) is 0.421. The lowest BCUT2D eigenvalue weighted by Crippen LogP contribution is -2.52. The third-order valence-electron chi connectivity index (χ3n) is 4.09. The van der Waals surface area contributed by atoms with Gasteiger partial charge in [0.05, 0.1) is 12.9 Å². The molecule has 0 spiro atoms. The van der Waals surface area contributed by atoms with E-state index in [1.54, 1.807) is 4.90 Å². The highest BCUT2D eigenvalue weighted by Gasteiger charge is 2.42. The van der Waals surface area contributed by atoms with Crippen LogP contribution in [0.4, 0.5) is 4.79 Å². The predicted octanol–water partition coefficient (Wildman–Crippen LogP) is 3.34. The lowest BCUT2D eigenvalue weighted by Gasteiger charge is -2.38. The Morgan fingerprint density at radius 2 is 1.83 bits per heavy atom. The molecule has 1 atom stereocenters. The van der Waals surface area contributed by atoms with Crippen molar-refractivity contribution in [2.75, 3.05) is 13.1 Å². The number of ether oxygens (including phenoxy) is 1. The Kier molecular flexibility index (Phi) is 8.43. The molecule has 0 fully saturated rings. The highest BCUT2D eigenvalue weighted by Crippen LogP contribution is 2.29. The molecule has 0 aliphatic carbocycles. The smallest absolute Gasteiger partial charge is 0.481 e. The highest BCUT2D eigenvalue weighted by atomic mass is 16.7. The summed E-state index contributed by atoms with van der Waals surface area (Å²) in [5, 5.41) is 18.2. The molecule has 0 saturated carbocycles. The van der Waals surface area contributed by atoms with Crippen molar-refractivity contribution in [2.24, 2.45) is 4.99 Å². The van der Waals surface area contributed by atoms with Crippen molar-refractivity contribution in [1.29, 1.82) is 0 Å². The lowest BCUT2D eigenvalue weighted by atomic mass is 9.98. The number of rotatable bonds is 12. The van der Waals surface area contributed by atoms with E-state index < -0.39 is 17.8 Å². The van der Waals surface area contributed by atoms with Crippen LogP contribution in [0.1, 0.15) is 64.7 Å². The van der Waals surface area contributed by atoms with Crippen molar-refractivity contribution in [2.45, 2.75) is 70.4 Å². The van der Waals surface area contributed by atoms with E-state index >= 15 is 0 Å². The van der Waals surface area contributed by atoms with Gasteiger partial charge in [-0.3, -0.25) is 9.79 Å². The number of aliphatic imine (C=N–C) groups is 1. The van der Waals surface area contributed by atoms with Gasteiger partial charge in [-0.25, -0.2) is 4.79 Å². The summed E-state index contributed by atoms with van der Waals surface area (Å²) >= 11 is 0. The van der Waals surface area contributed by atoms with Gasteiger partial charge in [-0.15, -0.1) is 0 Å². The molecule has 0 radical (unpaired) electrons. The fourth-order valence-corrected chi connectivity index (χ4v) is 2.92. The molecule has 1 heterocycles. The van der Waals surface area contributed by atoms with E-state index in [0.717, 1.165) is 25.7 Å². The normalized spacial score (nSPS) is 16.3. The number of aliphatic carboxylic acids is 1. The van der Waals surface area contributed by atoms with E-state index in [4.69, 9.17) is 9.84 Å². The Balaban J connectivity index is 2.59. The van der Waals surface area contributed by atoms with Gasteiger partial charge >= 0.3 is 12.1 Å². The first kappa shape index (κ1) is 19.3. The SMILES string of the molecule is CCCCCCCCCC(CC(=O)O)(OC(=O)O)N1C=NCC1. The minimum atomic E-state index is -1.45. The third kappa shape index (κ3) is 6.88. The summed E-state index contributed by atoms with van der Waals surface area (Å²) in [4.78, 5) is 28.0. The van der Waals surface area contributed by atoms with Crippen LogP contribution in [0.3, 0.4) is 0 Å². The van der Waals surface area contributed by atoms with Crippen molar-refractivity contribution in [3.05, 3.63) is 0 Å². The summed E-state index contributed by atoms with van der Waals surface area (Å²) in [5.74, 6) is -1.07. The van der Waals surface area contributed by atoms with E-state index in [9.17, 15) is 14.7 Å². The molecule has 0 aromatic carbocycles. The zero-order valence-electron chi connectivity index (χ0n) is 13.9. The second-order valence-electron chi connectivity index (χ2n) is 5.97. The standard InChI is InChI=1S/C16H28N2O5/c1-2-3-4-5-6-7-8-9-16(12-14(19)20,23-15(21)22)18-11-10-17-13-18/h13H,2-12H2,1H3,(H,19,20)(H,21,22). The van der Waals surface area contributed by atoms with Crippen LogP contribution in [-0.4, -0.2) is 52.4 Å². The van der Waals surface area contributed by atoms with Gasteiger partial charge in [-0.2, -0.15) is 0 Å². The maximum atomic E-state index is 11.2. The van der Waals surface area contributed by atoms with E-state index in [1.165, 1.54) is 25.6 Å². The molecule has 7 nitrogen and oxygen atoms in total. The number of unbranched alkanes of at least 4 members (excludes halogenated alkanes) is 6. The Morgan fingerprint density at radius 3 is 2.35 bits per heavy atom. The summed E-state index contributed by atoms with van der Waals surface area (Å²) in [7, 11) is 0. The molecule has 0 bridgehead atoms. The number of carbonyl (C=O) groups is 2. The maximum Gasteiger partial charge on any atom is 0.507 e. The topological polar surface area (TPSA) is 99.4 Å². The number of carboxylic acids is 1. The van der Waals surface area contributed by atoms with Crippen molar-refractivity contribution in [1.82, 2.24) is 4.90 Å². The summed E-state index contributed by atoms with van der Waals surface area (Å²) in [6.45, 7) is 3.18. The highest BCUT2D eigenvalue weighted by molar-refractivity contribution is 5.71. The summed E-state index contributed by atoms with van der Waals surface area (Å²) in [5.41, 5.74) is -1.35. The first-order valence-corrected chi connectivity index (χ1v) is 8.40. The average molecular weight is 328 g/mol. The van der Waals surface area contributed by atoms with Gasteiger partial charge in [-0.1, -0.05) is 45.4 Å². The first-order chi connectivity index (χ1) is 11.0. The molecule has 2 N–H and O–H groups in total. The van der Waals surface area contributed by atoms with Crippen LogP contribution >= 0.6 is 0 Å². The molecule has 1 unspecified atom stereocenters. The van der Waals surface area contributed by atoms with Crippen LogP contribution in [-0.2, 0) is 9.53 Å². The molecule has 1 aliphatic rings. The Labute approximate surface area is 137 Å². The van der Waals surface area contributed by atoms with Crippen LogP contribution < -0.4 is 0 Å². The largest absolute Gasteiger partial charge is 0.507 e. The first-order valence-electron chi connectivity index (χ1n) is 8.40. The van der Waals surface area contributed by atoms with Crippen molar-refractivity contribution < 1.29 is 24.5 Å². The second kappa shape index (κ2) is 10.1. The molecule has 0 amide bonds. The molecule has 1 aliphatic heterocycles. The van der Waals surface area contributed by atoms with E-state index in [0.29, 0.717) is 19.5 Å². The van der Waals surface area contributed by atoms with Crippen LogP contribution in [0.15, 0.2) is 4.99 Å². The monoisotopic (exact) mass is 328 g/mol. The molecule has 1 rings (SSSR count). The minimum Gasteiger partial charge on any atom is -0.481 e. The summed E-state index contributed by atoms with van der Waals surface area (Å²) in [6.07, 6.45) is 7.60. The average Bonchev–Trinajstić information content (AvgIpc) is 2.99. The van der Waals surface area contributed by atoms with E-state index in [-0.39, 0.29) is 6.42 Å². The molecule has 0 aromatic heterocycles. The third-order valence-corrected chi connectivity index (χ3v) is 4.09. The zero-order chi connectivity index (χ0) is 17.1. The molecule has 7 heteroatoms. The van der Waals surface area contributed by atoms with Crippen LogP contribution in [0.5, 0.6) is 0 Å². The van der Waals surface area contributed by atoms with Crippen LogP contribution in [0.25, 0.3) is 0 Å². The van der Waals surface area contributed by atoms with Gasteiger partial charge in [0, 0.05) is 13.0 Å². The van der Waals surface area contributed by atoms with Gasteiger partial charge in [-0.05, 0) is 6.42 Å². The van der Waals surface area contributed by atoms with Gasteiger partial charge in [0.25, 0.3) is 0 Å². The fourth-order valence-electron chi connectivity index (χ4n) is 2.92. The van der Waals surface area contributed by atoms with Gasteiger partial charge in [0.2, 0.25) is 5.72 Å². The molecule has 0 saturated heterocycles. The summed E-state index contributed by atoms with van der Waals surface area (Å²) < 4.78 is 5.05.